The van der Waals surface area contributed by atoms with E-state index in [1.54, 1.807) is 33.1 Å². The molecule has 1 fully saturated rings. The number of ether oxygens (including phenoxy) is 3. The highest BCUT2D eigenvalue weighted by atomic mass is 32.2. The minimum absolute atomic E-state index is 0.0946. The molecule has 1 saturated heterocycles. The van der Waals surface area contributed by atoms with Gasteiger partial charge in [0.15, 0.2) is 11.5 Å². The smallest absolute Gasteiger partial charge is 0.236 e. The van der Waals surface area contributed by atoms with Gasteiger partial charge in [-0.1, -0.05) is 30.3 Å². The predicted molar refractivity (Wildman–Crippen MR) is 103 cm³/mol. The summed E-state index contributed by atoms with van der Waals surface area (Å²) in [6, 6.07) is 13.9. The van der Waals surface area contributed by atoms with Gasteiger partial charge in [-0.05, 0) is 30.2 Å². The lowest BCUT2D eigenvalue weighted by molar-refractivity contribution is -0.130. The van der Waals surface area contributed by atoms with E-state index in [1.807, 2.05) is 54.3 Å². The van der Waals surface area contributed by atoms with E-state index >= 15 is 0 Å². The Morgan fingerprint density at radius 3 is 2.15 bits per heavy atom. The van der Waals surface area contributed by atoms with Crippen molar-refractivity contribution in [2.24, 2.45) is 0 Å². The number of amides is 1. The van der Waals surface area contributed by atoms with Gasteiger partial charge >= 0.3 is 0 Å². The molecule has 6 heteroatoms. The summed E-state index contributed by atoms with van der Waals surface area (Å²) in [5.74, 6) is 1.87. The zero-order valence-electron chi connectivity index (χ0n) is 15.4. The molecule has 0 N–H and O–H groups in total. The molecule has 1 amide bonds. The van der Waals surface area contributed by atoms with Gasteiger partial charge in [0.25, 0.3) is 0 Å². The van der Waals surface area contributed by atoms with Gasteiger partial charge in [-0.25, -0.2) is 0 Å². The van der Waals surface area contributed by atoms with Gasteiger partial charge in [-0.2, -0.15) is 0 Å². The highest BCUT2D eigenvalue weighted by molar-refractivity contribution is 8.01. The first-order valence-corrected chi connectivity index (χ1v) is 9.33. The second-order valence-corrected chi connectivity index (χ2v) is 7.47. The molecule has 0 aromatic heterocycles. The molecule has 2 atom stereocenters. The summed E-state index contributed by atoms with van der Waals surface area (Å²) >= 11 is 1.63. The Bertz CT molecular complexity index is 756. The first-order valence-electron chi connectivity index (χ1n) is 8.38. The number of carbonyl (C=O) groups excluding carboxylic acids is 1. The fourth-order valence-corrected chi connectivity index (χ4v) is 4.37. The van der Waals surface area contributed by atoms with E-state index in [9.17, 15) is 4.79 Å². The van der Waals surface area contributed by atoms with Crippen LogP contribution in [0.25, 0.3) is 0 Å². The van der Waals surface area contributed by atoms with Gasteiger partial charge in [-0.3, -0.25) is 4.79 Å². The summed E-state index contributed by atoms with van der Waals surface area (Å²) < 4.78 is 16.3. The van der Waals surface area contributed by atoms with Crippen molar-refractivity contribution in [1.29, 1.82) is 0 Å². The van der Waals surface area contributed by atoms with E-state index in [-0.39, 0.29) is 16.5 Å². The second-order valence-electron chi connectivity index (χ2n) is 6.04. The van der Waals surface area contributed by atoms with E-state index in [1.165, 1.54) is 0 Å². The average Bonchev–Trinajstić information content (AvgIpc) is 2.96. The highest BCUT2D eigenvalue weighted by Gasteiger charge is 2.39. The molecule has 3 rings (SSSR count). The van der Waals surface area contributed by atoms with Crippen LogP contribution >= 0.6 is 11.8 Å². The van der Waals surface area contributed by atoms with Crippen LogP contribution in [0.4, 0.5) is 0 Å². The summed E-state index contributed by atoms with van der Waals surface area (Å²) in [6.45, 7) is 2.52. The molecule has 138 valence electrons. The number of hydrogen-bond acceptors (Lipinski definition) is 5. The van der Waals surface area contributed by atoms with Crippen LogP contribution in [0.5, 0.6) is 17.2 Å². The van der Waals surface area contributed by atoms with Gasteiger partial charge in [0.1, 0.15) is 5.37 Å². The minimum Gasteiger partial charge on any atom is -0.493 e. The number of hydrogen-bond donors (Lipinski definition) is 0. The van der Waals surface area contributed by atoms with Crippen LogP contribution in [-0.4, -0.2) is 37.4 Å². The molecule has 0 spiro atoms. The van der Waals surface area contributed by atoms with Gasteiger partial charge in [0.05, 0.1) is 26.6 Å². The fraction of sp³-hybridized carbons (Fsp3) is 0.350. The molecular formula is C20H23NO4S. The van der Waals surface area contributed by atoms with Crippen molar-refractivity contribution in [2.45, 2.75) is 24.1 Å². The number of nitrogens with zero attached hydrogens (tertiary/aromatic N) is 1. The zero-order valence-corrected chi connectivity index (χ0v) is 16.2. The average molecular weight is 373 g/mol. The summed E-state index contributed by atoms with van der Waals surface area (Å²) in [5.41, 5.74) is 2.06. The Hall–Kier alpha value is -2.34. The first-order chi connectivity index (χ1) is 12.6. The third kappa shape index (κ3) is 3.46. The van der Waals surface area contributed by atoms with Crippen molar-refractivity contribution in [3.8, 4) is 17.2 Å². The summed E-state index contributed by atoms with van der Waals surface area (Å²) in [6.07, 6.45) is 0. The maximum Gasteiger partial charge on any atom is 0.236 e. The monoisotopic (exact) mass is 373 g/mol. The molecule has 1 heterocycles. The lowest BCUT2D eigenvalue weighted by atomic mass is 10.1. The normalized spacial score (nSPS) is 19.5. The number of rotatable bonds is 6. The third-order valence-electron chi connectivity index (χ3n) is 4.41. The van der Waals surface area contributed by atoms with E-state index < -0.39 is 0 Å². The maximum absolute atomic E-state index is 12.7. The van der Waals surface area contributed by atoms with Crippen LogP contribution in [-0.2, 0) is 11.3 Å². The zero-order chi connectivity index (χ0) is 18.7. The van der Waals surface area contributed by atoms with Crippen LogP contribution in [0.15, 0.2) is 42.5 Å². The molecule has 2 aromatic carbocycles. The molecular weight excluding hydrogens is 350 g/mol. The molecule has 0 unspecified atom stereocenters. The Labute approximate surface area is 158 Å². The van der Waals surface area contributed by atoms with Gasteiger partial charge in [0, 0.05) is 6.54 Å². The number of thioether (sulfide) groups is 1. The number of benzene rings is 2. The molecule has 0 radical (unpaired) electrons. The maximum atomic E-state index is 12.7. The molecule has 5 nitrogen and oxygen atoms in total. The van der Waals surface area contributed by atoms with Gasteiger partial charge in [-0.15, -0.1) is 11.8 Å². The Kier molecular flexibility index (Phi) is 5.61. The lowest BCUT2D eigenvalue weighted by Gasteiger charge is -2.25. The van der Waals surface area contributed by atoms with Crippen LogP contribution in [0.1, 0.15) is 23.4 Å². The highest BCUT2D eigenvalue weighted by Crippen LogP contribution is 2.48. The summed E-state index contributed by atoms with van der Waals surface area (Å²) in [4.78, 5) is 14.7. The second kappa shape index (κ2) is 7.91. The number of methoxy groups -OCH3 is 3. The molecule has 2 aromatic rings. The lowest BCUT2D eigenvalue weighted by Crippen LogP contribution is -2.29. The van der Waals surface area contributed by atoms with Crippen molar-refractivity contribution in [1.82, 2.24) is 4.90 Å². The predicted octanol–water partition coefficient (Wildman–Crippen LogP) is 3.88. The van der Waals surface area contributed by atoms with Crippen molar-refractivity contribution < 1.29 is 19.0 Å². The largest absolute Gasteiger partial charge is 0.493 e. The van der Waals surface area contributed by atoms with Crippen LogP contribution in [0.3, 0.4) is 0 Å². The fourth-order valence-electron chi connectivity index (χ4n) is 3.12. The SMILES string of the molecule is COc1cc([C@@H]2S[C@@H](C)C(=O)N2Cc2ccccc2)cc(OC)c1OC. The topological polar surface area (TPSA) is 48.0 Å². The minimum atomic E-state index is -0.105. The van der Waals surface area contributed by atoms with E-state index in [4.69, 9.17) is 14.2 Å². The molecule has 0 aliphatic carbocycles. The molecule has 1 aliphatic rings. The first kappa shape index (κ1) is 18.5. The summed E-state index contributed by atoms with van der Waals surface area (Å²) in [5, 5.41) is -0.200. The third-order valence-corrected chi connectivity index (χ3v) is 5.81. The standard InChI is InChI=1S/C20H23NO4S/c1-13-19(22)21(12-14-8-6-5-7-9-14)20(26-13)15-10-16(23-2)18(25-4)17(11-15)24-3/h5-11,13,20H,12H2,1-4H3/t13-,20-/m0/s1. The number of carbonyl (C=O) groups is 1. The van der Waals surface area contributed by atoms with Crippen molar-refractivity contribution in [3.05, 3.63) is 53.6 Å². The van der Waals surface area contributed by atoms with Gasteiger partial charge < -0.3 is 19.1 Å². The van der Waals surface area contributed by atoms with Crippen LogP contribution in [0.2, 0.25) is 0 Å². The van der Waals surface area contributed by atoms with Gasteiger partial charge in [0.2, 0.25) is 11.7 Å². The molecule has 26 heavy (non-hydrogen) atoms. The van der Waals surface area contributed by atoms with Crippen LogP contribution in [0, 0.1) is 0 Å². The summed E-state index contributed by atoms with van der Waals surface area (Å²) in [7, 11) is 4.77. The van der Waals surface area contributed by atoms with E-state index in [0.29, 0.717) is 23.8 Å². The van der Waals surface area contributed by atoms with Crippen molar-refractivity contribution in [3.63, 3.8) is 0 Å². The van der Waals surface area contributed by atoms with Crippen molar-refractivity contribution >= 4 is 17.7 Å². The van der Waals surface area contributed by atoms with E-state index in [0.717, 1.165) is 11.1 Å². The molecule has 0 bridgehead atoms. The Morgan fingerprint density at radius 2 is 1.62 bits per heavy atom. The Morgan fingerprint density at radius 1 is 1.00 bits per heavy atom. The molecule has 0 saturated carbocycles. The van der Waals surface area contributed by atoms with Crippen LogP contribution < -0.4 is 14.2 Å². The van der Waals surface area contributed by atoms with Crippen molar-refractivity contribution in [2.75, 3.05) is 21.3 Å². The molecule has 1 aliphatic heterocycles. The Balaban J connectivity index is 1.99. The quantitative estimate of drug-likeness (QED) is 0.769. The van der Waals surface area contributed by atoms with E-state index in [2.05, 4.69) is 0 Å².